The van der Waals surface area contributed by atoms with E-state index >= 15 is 0 Å². The molecule has 5 rings (SSSR count). The molecule has 0 saturated carbocycles. The van der Waals surface area contributed by atoms with E-state index in [9.17, 15) is 8.42 Å². The van der Waals surface area contributed by atoms with E-state index in [2.05, 4.69) is 20.4 Å². The Balaban J connectivity index is 0.000000917. The molecule has 4 aromatic rings. The van der Waals surface area contributed by atoms with Crippen molar-refractivity contribution >= 4 is 48.3 Å². The average Bonchev–Trinajstić information content (AvgIpc) is 3.48. The normalized spacial score (nSPS) is 14.5. The van der Waals surface area contributed by atoms with Crippen LogP contribution < -0.4 is 10.2 Å². The van der Waals surface area contributed by atoms with Gasteiger partial charge >= 0.3 is 0 Å². The summed E-state index contributed by atoms with van der Waals surface area (Å²) in [6.45, 7) is 5.38. The zero-order valence-electron chi connectivity index (χ0n) is 20.4. The SMILES string of the molecule is CCN(Cc1cc2nc(-c3cccc4[nH]ncc34)nc(N3CCOCC3)c2s1)S(C)(=O)=O.CNC. The summed E-state index contributed by atoms with van der Waals surface area (Å²) in [5.41, 5.74) is 2.66. The molecule has 188 valence electrons. The van der Waals surface area contributed by atoms with Crippen LogP contribution in [0.4, 0.5) is 5.82 Å². The van der Waals surface area contributed by atoms with Gasteiger partial charge in [0.05, 0.1) is 41.4 Å². The molecule has 10 nitrogen and oxygen atoms in total. The minimum atomic E-state index is -3.28. The maximum atomic E-state index is 12.1. The first-order chi connectivity index (χ1) is 16.9. The highest BCUT2D eigenvalue weighted by Crippen LogP contribution is 2.36. The smallest absolute Gasteiger partial charge is 0.211 e. The van der Waals surface area contributed by atoms with E-state index in [-0.39, 0.29) is 0 Å². The van der Waals surface area contributed by atoms with Crippen LogP contribution in [0.1, 0.15) is 11.8 Å². The lowest BCUT2D eigenvalue weighted by Crippen LogP contribution is -2.36. The Morgan fingerprint density at radius 2 is 1.97 bits per heavy atom. The van der Waals surface area contributed by atoms with E-state index in [0.29, 0.717) is 32.1 Å². The number of sulfonamides is 1. The molecule has 12 heteroatoms. The van der Waals surface area contributed by atoms with Crippen LogP contribution in [0.3, 0.4) is 0 Å². The molecule has 0 amide bonds. The number of aromatic amines is 1. The monoisotopic (exact) mass is 517 g/mol. The molecule has 35 heavy (non-hydrogen) atoms. The van der Waals surface area contributed by atoms with Crippen LogP contribution in [0.15, 0.2) is 30.5 Å². The predicted octanol–water partition coefficient (Wildman–Crippen LogP) is 2.69. The second-order valence-corrected chi connectivity index (χ2v) is 11.3. The van der Waals surface area contributed by atoms with Gasteiger partial charge in [0.15, 0.2) is 11.6 Å². The second kappa shape index (κ2) is 11.0. The van der Waals surface area contributed by atoms with Gasteiger partial charge in [-0.15, -0.1) is 11.3 Å². The van der Waals surface area contributed by atoms with Crippen molar-refractivity contribution in [2.75, 3.05) is 58.1 Å². The number of ether oxygens (including phenoxy) is 1. The van der Waals surface area contributed by atoms with Crippen molar-refractivity contribution in [3.05, 3.63) is 35.3 Å². The number of fused-ring (bicyclic) bond motifs is 2. The van der Waals surface area contributed by atoms with Gasteiger partial charge in [-0.3, -0.25) is 5.10 Å². The van der Waals surface area contributed by atoms with Crippen LogP contribution in [0, 0.1) is 0 Å². The topological polar surface area (TPSA) is 116 Å². The van der Waals surface area contributed by atoms with Crippen LogP contribution in [0.5, 0.6) is 0 Å². The molecular formula is C23H31N7O3S2. The number of aromatic nitrogens is 4. The van der Waals surface area contributed by atoms with Gasteiger partial charge in [-0.05, 0) is 26.2 Å². The highest BCUT2D eigenvalue weighted by Gasteiger charge is 2.22. The van der Waals surface area contributed by atoms with E-state index in [0.717, 1.165) is 50.5 Å². The number of benzene rings is 1. The number of nitrogens with zero attached hydrogens (tertiary/aromatic N) is 5. The molecule has 0 bridgehead atoms. The number of H-pyrrole nitrogens is 1. The van der Waals surface area contributed by atoms with Crippen molar-refractivity contribution in [1.82, 2.24) is 29.8 Å². The van der Waals surface area contributed by atoms with Gasteiger partial charge in [0, 0.05) is 42.0 Å². The highest BCUT2D eigenvalue weighted by atomic mass is 32.2. The van der Waals surface area contributed by atoms with Crippen LogP contribution in [0.25, 0.3) is 32.5 Å². The highest BCUT2D eigenvalue weighted by molar-refractivity contribution is 7.88. The largest absolute Gasteiger partial charge is 0.378 e. The lowest BCUT2D eigenvalue weighted by Gasteiger charge is -2.28. The Morgan fingerprint density at radius 3 is 2.66 bits per heavy atom. The molecule has 1 saturated heterocycles. The summed E-state index contributed by atoms with van der Waals surface area (Å²) in [5, 5.41) is 10.9. The Morgan fingerprint density at radius 1 is 1.23 bits per heavy atom. The maximum Gasteiger partial charge on any atom is 0.211 e. The minimum Gasteiger partial charge on any atom is -0.378 e. The Kier molecular flexibility index (Phi) is 7.97. The number of rotatable bonds is 6. The second-order valence-electron chi connectivity index (χ2n) is 8.22. The Labute approximate surface area is 209 Å². The maximum absolute atomic E-state index is 12.1. The number of hydrogen-bond acceptors (Lipinski definition) is 9. The summed E-state index contributed by atoms with van der Waals surface area (Å²) < 4.78 is 32.2. The summed E-state index contributed by atoms with van der Waals surface area (Å²) in [6, 6.07) is 7.92. The van der Waals surface area contributed by atoms with Crippen molar-refractivity contribution in [3.8, 4) is 11.4 Å². The van der Waals surface area contributed by atoms with Crippen molar-refractivity contribution in [1.29, 1.82) is 0 Å². The first-order valence-corrected chi connectivity index (χ1v) is 14.1. The summed E-state index contributed by atoms with van der Waals surface area (Å²) in [6.07, 6.45) is 3.03. The summed E-state index contributed by atoms with van der Waals surface area (Å²) in [4.78, 5) is 13.0. The molecule has 0 atom stereocenters. The number of nitrogens with one attached hydrogen (secondary N) is 2. The molecule has 2 N–H and O–H groups in total. The lowest BCUT2D eigenvalue weighted by atomic mass is 10.1. The van der Waals surface area contributed by atoms with E-state index in [1.165, 1.54) is 10.6 Å². The molecule has 0 aliphatic carbocycles. The van der Waals surface area contributed by atoms with Crippen LogP contribution >= 0.6 is 11.3 Å². The van der Waals surface area contributed by atoms with E-state index in [4.69, 9.17) is 14.7 Å². The fourth-order valence-electron chi connectivity index (χ4n) is 3.95. The van der Waals surface area contributed by atoms with Gasteiger partial charge < -0.3 is 15.0 Å². The molecule has 1 fully saturated rings. The van der Waals surface area contributed by atoms with E-state index in [1.807, 2.05) is 45.3 Å². The average molecular weight is 518 g/mol. The van der Waals surface area contributed by atoms with Gasteiger partial charge in [-0.1, -0.05) is 19.1 Å². The summed E-state index contributed by atoms with van der Waals surface area (Å²) >= 11 is 1.55. The number of morpholine rings is 1. The summed E-state index contributed by atoms with van der Waals surface area (Å²) in [5.74, 6) is 1.50. The quantitative estimate of drug-likeness (QED) is 0.401. The predicted molar refractivity (Wildman–Crippen MR) is 141 cm³/mol. The van der Waals surface area contributed by atoms with Gasteiger partial charge in [0.2, 0.25) is 10.0 Å². The number of anilines is 1. The molecule has 4 heterocycles. The number of hydrogen-bond donors (Lipinski definition) is 2. The van der Waals surface area contributed by atoms with Gasteiger partial charge in [-0.2, -0.15) is 9.40 Å². The molecule has 0 spiro atoms. The Hall–Kier alpha value is -2.64. The Bertz CT molecular complexity index is 1390. The molecule has 0 unspecified atom stereocenters. The number of thiophene rings is 1. The van der Waals surface area contributed by atoms with Gasteiger partial charge in [-0.25, -0.2) is 18.4 Å². The van der Waals surface area contributed by atoms with Crippen LogP contribution in [0.2, 0.25) is 0 Å². The molecule has 1 aliphatic rings. The molecule has 1 aromatic carbocycles. The van der Waals surface area contributed by atoms with Crippen molar-refractivity contribution < 1.29 is 13.2 Å². The van der Waals surface area contributed by atoms with E-state index < -0.39 is 10.0 Å². The third-order valence-electron chi connectivity index (χ3n) is 5.59. The first kappa shape index (κ1) is 25.5. The zero-order valence-corrected chi connectivity index (χ0v) is 22.0. The van der Waals surface area contributed by atoms with Crippen molar-refractivity contribution in [3.63, 3.8) is 0 Å². The fourth-order valence-corrected chi connectivity index (χ4v) is 6.01. The zero-order chi connectivity index (χ0) is 25.0. The molecule has 1 aliphatic heterocycles. The molecular weight excluding hydrogens is 486 g/mol. The third kappa shape index (κ3) is 5.62. The van der Waals surface area contributed by atoms with E-state index in [1.54, 1.807) is 17.5 Å². The fraction of sp³-hybridized carbons (Fsp3) is 0.435. The molecule has 0 radical (unpaired) electrons. The van der Waals surface area contributed by atoms with Crippen molar-refractivity contribution in [2.45, 2.75) is 13.5 Å². The van der Waals surface area contributed by atoms with Gasteiger partial charge in [0.25, 0.3) is 0 Å². The molecule has 3 aromatic heterocycles. The minimum absolute atomic E-state index is 0.325. The van der Waals surface area contributed by atoms with Crippen LogP contribution in [-0.4, -0.2) is 86.1 Å². The third-order valence-corrected chi connectivity index (χ3v) is 8.03. The van der Waals surface area contributed by atoms with Crippen LogP contribution in [-0.2, 0) is 21.3 Å². The summed E-state index contributed by atoms with van der Waals surface area (Å²) in [7, 11) is 0.466. The van der Waals surface area contributed by atoms with Gasteiger partial charge in [0.1, 0.15) is 0 Å². The first-order valence-electron chi connectivity index (χ1n) is 11.4. The lowest BCUT2D eigenvalue weighted by molar-refractivity contribution is 0.122. The standard InChI is InChI=1S/C21H24N6O3S2.C2H7N/c1-3-27(32(2,28)29)13-14-11-18-19(31-14)21(26-7-9-30-10-8-26)24-20(23-18)15-5-4-6-17-16(15)12-22-25-17;1-3-2/h4-6,11-12H,3,7-10,13H2,1-2H3,(H,22,25);3H,1-2H3. The van der Waals surface area contributed by atoms with Crippen molar-refractivity contribution in [2.24, 2.45) is 0 Å².